The van der Waals surface area contributed by atoms with E-state index in [1.165, 1.54) is 17.3 Å². The minimum atomic E-state index is -0.257. The number of nitrogens with zero attached hydrogens (tertiary/aromatic N) is 4. The SMILES string of the molecule is COc1ccc2c(c1)C(=Nn1cnnc1)C(=O)N2. The molecule has 18 heavy (non-hydrogen) atoms. The zero-order valence-corrected chi connectivity index (χ0v) is 9.49. The molecule has 1 amide bonds. The van der Waals surface area contributed by atoms with Gasteiger partial charge in [0.2, 0.25) is 0 Å². The third-order valence-corrected chi connectivity index (χ3v) is 2.57. The summed E-state index contributed by atoms with van der Waals surface area (Å²) < 4.78 is 6.51. The molecule has 1 aliphatic heterocycles. The highest BCUT2D eigenvalue weighted by Crippen LogP contribution is 2.27. The van der Waals surface area contributed by atoms with E-state index in [0.29, 0.717) is 22.7 Å². The van der Waals surface area contributed by atoms with Crippen LogP contribution in [-0.2, 0) is 4.79 Å². The summed E-state index contributed by atoms with van der Waals surface area (Å²) in [6.07, 6.45) is 2.83. The van der Waals surface area contributed by atoms with Crippen molar-refractivity contribution in [2.75, 3.05) is 12.4 Å². The molecule has 0 aliphatic carbocycles. The van der Waals surface area contributed by atoms with E-state index < -0.39 is 0 Å². The fourth-order valence-electron chi connectivity index (χ4n) is 1.72. The van der Waals surface area contributed by atoms with E-state index in [1.807, 2.05) is 0 Å². The molecule has 3 rings (SSSR count). The first kappa shape index (κ1) is 10.5. The number of hydrogen-bond donors (Lipinski definition) is 1. The molecule has 7 heteroatoms. The maximum Gasteiger partial charge on any atom is 0.276 e. The number of fused-ring (bicyclic) bond motifs is 1. The lowest BCUT2D eigenvalue weighted by molar-refractivity contribution is -0.110. The van der Waals surface area contributed by atoms with Crippen LogP contribution in [0.5, 0.6) is 5.75 Å². The number of anilines is 1. The van der Waals surface area contributed by atoms with Crippen LogP contribution in [0.2, 0.25) is 0 Å². The Bertz CT molecular complexity index is 633. The van der Waals surface area contributed by atoms with Crippen molar-refractivity contribution in [1.29, 1.82) is 0 Å². The predicted molar refractivity (Wildman–Crippen MR) is 63.6 cm³/mol. The van der Waals surface area contributed by atoms with Gasteiger partial charge in [0.05, 0.1) is 12.8 Å². The van der Waals surface area contributed by atoms with Crippen molar-refractivity contribution in [2.24, 2.45) is 5.10 Å². The molecule has 1 N–H and O–H groups in total. The third kappa shape index (κ3) is 1.61. The number of aromatic nitrogens is 3. The fraction of sp³-hybridized carbons (Fsp3) is 0.0909. The molecule has 2 heterocycles. The number of hydrogen-bond acceptors (Lipinski definition) is 5. The summed E-state index contributed by atoms with van der Waals surface area (Å²) >= 11 is 0. The molecule has 0 saturated carbocycles. The summed E-state index contributed by atoms with van der Waals surface area (Å²) in [5, 5.41) is 14.1. The zero-order valence-electron chi connectivity index (χ0n) is 9.49. The minimum Gasteiger partial charge on any atom is -0.497 e. The van der Waals surface area contributed by atoms with E-state index >= 15 is 0 Å². The molecule has 0 bridgehead atoms. The van der Waals surface area contributed by atoms with Crippen LogP contribution in [0.1, 0.15) is 5.56 Å². The van der Waals surface area contributed by atoms with Crippen LogP contribution >= 0.6 is 0 Å². The molecule has 0 saturated heterocycles. The lowest BCUT2D eigenvalue weighted by atomic mass is 10.1. The van der Waals surface area contributed by atoms with Gasteiger partial charge in [-0.2, -0.15) is 5.10 Å². The van der Waals surface area contributed by atoms with Crippen molar-refractivity contribution in [3.63, 3.8) is 0 Å². The van der Waals surface area contributed by atoms with Crippen molar-refractivity contribution >= 4 is 17.3 Å². The molecule has 2 aromatic rings. The Morgan fingerprint density at radius 2 is 2.11 bits per heavy atom. The van der Waals surface area contributed by atoms with E-state index in [1.54, 1.807) is 25.3 Å². The van der Waals surface area contributed by atoms with E-state index in [4.69, 9.17) is 4.74 Å². The number of carbonyl (C=O) groups excluding carboxylic acids is 1. The standard InChI is InChI=1S/C11H9N5O2/c1-18-7-2-3-9-8(4-7)10(11(17)14-9)15-16-5-12-13-6-16/h2-6H,1H3,(H,14,15,17). The zero-order chi connectivity index (χ0) is 12.5. The highest BCUT2D eigenvalue weighted by atomic mass is 16.5. The first-order valence-corrected chi connectivity index (χ1v) is 5.21. The van der Waals surface area contributed by atoms with Gasteiger partial charge >= 0.3 is 0 Å². The van der Waals surface area contributed by atoms with E-state index in [-0.39, 0.29) is 5.91 Å². The number of rotatable bonds is 2. The van der Waals surface area contributed by atoms with Crippen molar-refractivity contribution in [3.05, 3.63) is 36.4 Å². The summed E-state index contributed by atoms with van der Waals surface area (Å²) in [4.78, 5) is 11.8. The van der Waals surface area contributed by atoms with Crippen LogP contribution in [-0.4, -0.2) is 33.6 Å². The lowest BCUT2D eigenvalue weighted by Gasteiger charge is -2.02. The number of benzene rings is 1. The number of nitrogens with one attached hydrogen (secondary N) is 1. The fourth-order valence-corrected chi connectivity index (χ4v) is 1.72. The molecule has 1 aliphatic rings. The highest BCUT2D eigenvalue weighted by molar-refractivity contribution is 6.53. The average Bonchev–Trinajstić information content (AvgIpc) is 2.99. The average molecular weight is 243 g/mol. The Hall–Kier alpha value is -2.70. The molecule has 0 unspecified atom stereocenters. The first-order chi connectivity index (χ1) is 8.78. The normalized spacial score (nSPS) is 15.6. The van der Waals surface area contributed by atoms with Gasteiger partial charge in [-0.25, -0.2) is 4.68 Å². The van der Waals surface area contributed by atoms with Gasteiger partial charge in [0.1, 0.15) is 18.4 Å². The molecular formula is C11H9N5O2. The van der Waals surface area contributed by atoms with Crippen molar-refractivity contribution < 1.29 is 9.53 Å². The molecule has 90 valence electrons. The summed E-state index contributed by atoms with van der Waals surface area (Å²) in [6, 6.07) is 5.32. The van der Waals surface area contributed by atoms with Gasteiger partial charge in [0.15, 0.2) is 5.71 Å². The second kappa shape index (κ2) is 3.95. The highest BCUT2D eigenvalue weighted by Gasteiger charge is 2.26. The van der Waals surface area contributed by atoms with E-state index in [9.17, 15) is 4.79 Å². The maximum absolute atomic E-state index is 11.8. The summed E-state index contributed by atoms with van der Waals surface area (Å²) in [6.45, 7) is 0. The largest absolute Gasteiger partial charge is 0.497 e. The molecule has 0 radical (unpaired) electrons. The Morgan fingerprint density at radius 1 is 1.33 bits per heavy atom. The Kier molecular flexibility index (Phi) is 2.30. The molecule has 1 aromatic heterocycles. The smallest absolute Gasteiger partial charge is 0.276 e. The topological polar surface area (TPSA) is 81.4 Å². The van der Waals surface area contributed by atoms with Crippen LogP contribution in [0.25, 0.3) is 0 Å². The van der Waals surface area contributed by atoms with Gasteiger partial charge in [-0.05, 0) is 18.2 Å². The van der Waals surface area contributed by atoms with Crippen LogP contribution in [0, 0.1) is 0 Å². The van der Waals surface area contributed by atoms with Gasteiger partial charge in [0, 0.05) is 5.56 Å². The van der Waals surface area contributed by atoms with Gasteiger partial charge in [-0.3, -0.25) is 4.79 Å². The first-order valence-electron chi connectivity index (χ1n) is 5.21. The maximum atomic E-state index is 11.8. The predicted octanol–water partition coefficient (Wildman–Crippen LogP) is 0.491. The van der Waals surface area contributed by atoms with Gasteiger partial charge in [-0.1, -0.05) is 0 Å². The molecule has 1 aromatic carbocycles. The Labute approximate surface area is 102 Å². The second-order valence-electron chi connectivity index (χ2n) is 3.66. The quantitative estimate of drug-likeness (QED) is 0.832. The van der Waals surface area contributed by atoms with E-state index in [2.05, 4.69) is 20.6 Å². The van der Waals surface area contributed by atoms with Gasteiger partial charge < -0.3 is 10.1 Å². The molecule has 0 spiro atoms. The molecule has 0 atom stereocenters. The van der Waals surface area contributed by atoms with E-state index in [0.717, 1.165) is 0 Å². The van der Waals surface area contributed by atoms with Crippen molar-refractivity contribution in [2.45, 2.75) is 0 Å². The number of carbonyl (C=O) groups is 1. The Balaban J connectivity index is 2.10. The van der Waals surface area contributed by atoms with Crippen LogP contribution < -0.4 is 10.1 Å². The summed E-state index contributed by atoms with van der Waals surface area (Å²) in [5.41, 5.74) is 1.73. The van der Waals surface area contributed by atoms with Crippen LogP contribution in [0.15, 0.2) is 36.0 Å². The summed E-state index contributed by atoms with van der Waals surface area (Å²) in [5.74, 6) is 0.411. The van der Waals surface area contributed by atoms with Crippen LogP contribution in [0.3, 0.4) is 0 Å². The number of methoxy groups -OCH3 is 1. The monoisotopic (exact) mass is 243 g/mol. The van der Waals surface area contributed by atoms with Gasteiger partial charge in [-0.15, -0.1) is 10.2 Å². The van der Waals surface area contributed by atoms with Gasteiger partial charge in [0.25, 0.3) is 5.91 Å². The van der Waals surface area contributed by atoms with Crippen molar-refractivity contribution in [1.82, 2.24) is 14.9 Å². The lowest BCUT2D eigenvalue weighted by Crippen LogP contribution is -2.15. The molecular weight excluding hydrogens is 234 g/mol. The number of amides is 1. The Morgan fingerprint density at radius 3 is 2.83 bits per heavy atom. The van der Waals surface area contributed by atoms with Crippen LogP contribution in [0.4, 0.5) is 5.69 Å². The number of ether oxygens (including phenoxy) is 1. The third-order valence-electron chi connectivity index (χ3n) is 2.57. The minimum absolute atomic E-state index is 0.257. The summed E-state index contributed by atoms with van der Waals surface area (Å²) in [7, 11) is 1.57. The second-order valence-corrected chi connectivity index (χ2v) is 3.66. The molecule has 7 nitrogen and oxygen atoms in total. The van der Waals surface area contributed by atoms with Crippen molar-refractivity contribution in [3.8, 4) is 5.75 Å². The molecule has 0 fully saturated rings.